The molecule has 0 unspecified atom stereocenters. The van der Waals surface area contributed by atoms with Crippen molar-refractivity contribution in [3.8, 4) is 5.75 Å². The molecule has 1 heterocycles. The maximum atomic E-state index is 12.2. The first-order valence-electron chi connectivity index (χ1n) is 6.40. The number of anilines is 1. The highest BCUT2D eigenvalue weighted by Crippen LogP contribution is 2.31. The predicted molar refractivity (Wildman–Crippen MR) is 74.7 cm³/mol. The number of benzene rings is 1. The molecule has 5 heteroatoms. The number of methoxy groups -OCH3 is 1. The van der Waals surface area contributed by atoms with Gasteiger partial charge in [0.25, 0.3) is 5.91 Å². The Morgan fingerprint density at radius 2 is 2.05 bits per heavy atom. The molecule has 0 saturated carbocycles. The highest BCUT2D eigenvalue weighted by molar-refractivity contribution is 6.12. The topological polar surface area (TPSA) is 55.8 Å². The van der Waals surface area contributed by atoms with Gasteiger partial charge in [0.2, 0.25) is 0 Å². The van der Waals surface area contributed by atoms with Crippen LogP contribution < -0.4 is 9.64 Å². The summed E-state index contributed by atoms with van der Waals surface area (Å²) < 4.78 is 10.1. The lowest BCUT2D eigenvalue weighted by Crippen LogP contribution is -2.39. The lowest BCUT2D eigenvalue weighted by atomic mass is 10.1. The zero-order valence-corrected chi connectivity index (χ0v) is 11.6. The van der Waals surface area contributed by atoms with E-state index in [9.17, 15) is 9.59 Å². The van der Waals surface area contributed by atoms with Crippen molar-refractivity contribution >= 4 is 17.6 Å². The minimum Gasteiger partial charge on any atom is -0.497 e. The van der Waals surface area contributed by atoms with Crippen molar-refractivity contribution < 1.29 is 19.1 Å². The molecule has 20 heavy (non-hydrogen) atoms. The van der Waals surface area contributed by atoms with Crippen LogP contribution in [0.2, 0.25) is 0 Å². The van der Waals surface area contributed by atoms with Crippen LogP contribution in [0.3, 0.4) is 0 Å². The highest BCUT2D eigenvalue weighted by Gasteiger charge is 2.40. The van der Waals surface area contributed by atoms with Crippen LogP contribution in [0.5, 0.6) is 5.75 Å². The Balaban J connectivity index is 2.31. The monoisotopic (exact) mass is 275 g/mol. The smallest absolute Gasteiger partial charge is 0.329 e. The summed E-state index contributed by atoms with van der Waals surface area (Å²) in [5.74, 6) is 0.0374. The molecule has 2 rings (SSSR count). The average Bonchev–Trinajstić information content (AvgIpc) is 2.75. The summed E-state index contributed by atoms with van der Waals surface area (Å²) in [7, 11) is 1.57. The van der Waals surface area contributed by atoms with Crippen molar-refractivity contribution in [1.29, 1.82) is 0 Å². The van der Waals surface area contributed by atoms with Crippen molar-refractivity contribution in [2.24, 2.45) is 0 Å². The quantitative estimate of drug-likeness (QED) is 0.622. The maximum absolute atomic E-state index is 12.2. The number of carbonyl (C=O) groups is 2. The fraction of sp³-hybridized carbons (Fsp3) is 0.333. The summed E-state index contributed by atoms with van der Waals surface area (Å²) in [6, 6.07) is 6.32. The first-order valence-corrected chi connectivity index (χ1v) is 6.40. The zero-order valence-electron chi connectivity index (χ0n) is 11.6. The van der Waals surface area contributed by atoms with E-state index in [0.717, 1.165) is 0 Å². The Bertz CT molecular complexity index is 535. The SMILES string of the molecule is C=C1C[C@H](C(=O)OCC)N(c2ccc(OC)cc2)C1=O. The van der Waals surface area contributed by atoms with E-state index < -0.39 is 12.0 Å². The van der Waals surface area contributed by atoms with Crippen LogP contribution >= 0.6 is 0 Å². The molecule has 1 aromatic carbocycles. The number of rotatable bonds is 4. The normalized spacial score (nSPS) is 18.3. The number of amides is 1. The molecule has 1 aliphatic rings. The zero-order chi connectivity index (χ0) is 14.7. The van der Waals surface area contributed by atoms with E-state index in [-0.39, 0.29) is 12.5 Å². The van der Waals surface area contributed by atoms with Gasteiger partial charge in [0.15, 0.2) is 0 Å². The van der Waals surface area contributed by atoms with Crippen LogP contribution in [0.1, 0.15) is 13.3 Å². The molecular formula is C15H17NO4. The van der Waals surface area contributed by atoms with Gasteiger partial charge >= 0.3 is 5.97 Å². The molecule has 0 bridgehead atoms. The number of hydrogen-bond donors (Lipinski definition) is 0. The molecule has 5 nitrogen and oxygen atoms in total. The molecule has 0 spiro atoms. The number of ether oxygens (including phenoxy) is 2. The van der Waals surface area contributed by atoms with Gasteiger partial charge in [0.1, 0.15) is 11.8 Å². The summed E-state index contributed by atoms with van der Waals surface area (Å²) in [4.78, 5) is 25.6. The minimum absolute atomic E-state index is 0.242. The molecule has 1 saturated heterocycles. The third kappa shape index (κ3) is 2.52. The first kappa shape index (κ1) is 14.1. The van der Waals surface area contributed by atoms with Gasteiger partial charge in [0, 0.05) is 17.7 Å². The van der Waals surface area contributed by atoms with Gasteiger partial charge in [-0.15, -0.1) is 0 Å². The molecule has 0 aromatic heterocycles. The fourth-order valence-corrected chi connectivity index (χ4v) is 2.19. The predicted octanol–water partition coefficient (Wildman–Crippen LogP) is 1.92. The van der Waals surface area contributed by atoms with Gasteiger partial charge in [-0.3, -0.25) is 9.69 Å². The molecule has 0 aliphatic carbocycles. The third-order valence-electron chi connectivity index (χ3n) is 3.18. The molecule has 1 aliphatic heterocycles. The fourth-order valence-electron chi connectivity index (χ4n) is 2.19. The summed E-state index contributed by atoms with van der Waals surface area (Å²) in [5.41, 5.74) is 1.05. The van der Waals surface area contributed by atoms with Gasteiger partial charge in [-0.2, -0.15) is 0 Å². The molecule has 1 atom stereocenters. The number of nitrogens with zero attached hydrogens (tertiary/aromatic N) is 1. The van der Waals surface area contributed by atoms with Gasteiger partial charge < -0.3 is 9.47 Å². The van der Waals surface area contributed by atoms with E-state index in [1.807, 2.05) is 0 Å². The molecule has 1 amide bonds. The van der Waals surface area contributed by atoms with E-state index in [2.05, 4.69) is 6.58 Å². The molecule has 0 N–H and O–H groups in total. The van der Waals surface area contributed by atoms with E-state index in [0.29, 0.717) is 23.4 Å². The number of esters is 1. The second-order valence-electron chi connectivity index (χ2n) is 4.45. The van der Waals surface area contributed by atoms with Crippen LogP contribution in [-0.4, -0.2) is 31.6 Å². The molecule has 106 valence electrons. The Morgan fingerprint density at radius 1 is 1.40 bits per heavy atom. The number of hydrogen-bond acceptors (Lipinski definition) is 4. The number of carbonyl (C=O) groups excluding carboxylic acids is 2. The summed E-state index contributed by atoms with van der Waals surface area (Å²) >= 11 is 0. The molecular weight excluding hydrogens is 258 g/mol. The first-order chi connectivity index (χ1) is 9.58. The Kier molecular flexibility index (Phi) is 4.08. The van der Waals surface area contributed by atoms with Crippen molar-refractivity contribution in [1.82, 2.24) is 0 Å². The maximum Gasteiger partial charge on any atom is 0.329 e. The van der Waals surface area contributed by atoms with Crippen molar-refractivity contribution in [3.63, 3.8) is 0 Å². The van der Waals surface area contributed by atoms with E-state index >= 15 is 0 Å². The lowest BCUT2D eigenvalue weighted by molar-refractivity contribution is -0.144. The minimum atomic E-state index is -0.636. The summed E-state index contributed by atoms with van der Waals surface area (Å²) in [6.07, 6.45) is 0.295. The molecule has 1 fully saturated rings. The standard InChI is InChI=1S/C15H17NO4/c1-4-20-15(18)13-9-10(2)14(17)16(13)11-5-7-12(19-3)8-6-11/h5-8,13H,2,4,9H2,1,3H3/t13-/m1/s1. The lowest BCUT2D eigenvalue weighted by Gasteiger charge is -2.23. The van der Waals surface area contributed by atoms with Gasteiger partial charge in [0.05, 0.1) is 13.7 Å². The summed E-state index contributed by atoms with van der Waals surface area (Å²) in [6.45, 7) is 5.74. The van der Waals surface area contributed by atoms with Crippen LogP contribution in [0, 0.1) is 0 Å². The van der Waals surface area contributed by atoms with E-state index in [1.54, 1.807) is 38.3 Å². The van der Waals surface area contributed by atoms with Crippen LogP contribution in [0.25, 0.3) is 0 Å². The third-order valence-corrected chi connectivity index (χ3v) is 3.18. The van der Waals surface area contributed by atoms with Crippen molar-refractivity contribution in [3.05, 3.63) is 36.4 Å². The molecule has 0 radical (unpaired) electrons. The Labute approximate surface area is 117 Å². The average molecular weight is 275 g/mol. The van der Waals surface area contributed by atoms with Gasteiger partial charge in [-0.05, 0) is 31.2 Å². The Hall–Kier alpha value is -2.30. The summed E-state index contributed by atoms with van der Waals surface area (Å²) in [5, 5.41) is 0. The van der Waals surface area contributed by atoms with Crippen LogP contribution in [-0.2, 0) is 14.3 Å². The Morgan fingerprint density at radius 3 is 2.60 bits per heavy atom. The van der Waals surface area contributed by atoms with E-state index in [1.165, 1.54) is 4.90 Å². The van der Waals surface area contributed by atoms with E-state index in [4.69, 9.17) is 9.47 Å². The van der Waals surface area contributed by atoms with Crippen LogP contribution in [0.15, 0.2) is 36.4 Å². The largest absolute Gasteiger partial charge is 0.497 e. The molecule has 1 aromatic rings. The second-order valence-corrected chi connectivity index (χ2v) is 4.45. The van der Waals surface area contributed by atoms with Crippen molar-refractivity contribution in [2.45, 2.75) is 19.4 Å². The van der Waals surface area contributed by atoms with Crippen LogP contribution in [0.4, 0.5) is 5.69 Å². The highest BCUT2D eigenvalue weighted by atomic mass is 16.5. The van der Waals surface area contributed by atoms with Gasteiger partial charge in [-0.1, -0.05) is 6.58 Å². The van der Waals surface area contributed by atoms with Crippen molar-refractivity contribution in [2.75, 3.05) is 18.6 Å². The van der Waals surface area contributed by atoms with Gasteiger partial charge in [-0.25, -0.2) is 4.79 Å². The second kappa shape index (κ2) is 5.77.